The summed E-state index contributed by atoms with van der Waals surface area (Å²) in [4.78, 5) is 60.5. The van der Waals surface area contributed by atoms with Gasteiger partial charge in [-0.05, 0) is 129 Å². The van der Waals surface area contributed by atoms with E-state index in [1.807, 2.05) is 112 Å². The lowest BCUT2D eigenvalue weighted by Gasteiger charge is -2.22. The zero-order valence-corrected chi connectivity index (χ0v) is 55.3. The molecule has 0 aliphatic carbocycles. The first-order valence-corrected chi connectivity index (χ1v) is 32.5. The van der Waals surface area contributed by atoms with Crippen LogP contribution in [0.4, 0.5) is 17.3 Å². The number of nitrogens with one attached hydrogen (secondary N) is 2. The zero-order valence-electron chi connectivity index (χ0n) is 55.3. The van der Waals surface area contributed by atoms with Crippen molar-refractivity contribution < 1.29 is 18.9 Å². The molecule has 0 radical (unpaired) electrons. The summed E-state index contributed by atoms with van der Waals surface area (Å²) in [6.07, 6.45) is 14.1. The van der Waals surface area contributed by atoms with E-state index in [0.29, 0.717) is 72.0 Å². The predicted molar refractivity (Wildman–Crippen MR) is 371 cm³/mol. The average molecular weight is 1270 g/mol. The lowest BCUT2D eigenvalue weighted by molar-refractivity contribution is 0.0835. The number of pyridine rings is 1. The van der Waals surface area contributed by atoms with Crippen molar-refractivity contribution in [2.45, 2.75) is 110 Å². The zero-order chi connectivity index (χ0) is 65.8. The largest absolute Gasteiger partial charge is 0.497 e. The van der Waals surface area contributed by atoms with E-state index in [2.05, 4.69) is 106 Å². The Kier molecular flexibility index (Phi) is 21.1. The smallest absolute Gasteiger partial charge is 0.332 e. The van der Waals surface area contributed by atoms with Crippen molar-refractivity contribution in [1.82, 2.24) is 52.7 Å². The van der Waals surface area contributed by atoms with Gasteiger partial charge in [0, 0.05) is 86.0 Å². The second kappa shape index (κ2) is 30.2. The molecule has 20 nitrogen and oxygen atoms in total. The number of hydrogen-bond acceptors (Lipinski definition) is 15. The molecule has 13 rings (SSSR count). The van der Waals surface area contributed by atoms with E-state index in [0.717, 1.165) is 113 Å². The molecule has 6 aromatic heterocycles. The van der Waals surface area contributed by atoms with E-state index >= 15 is 0 Å². The third-order valence-corrected chi connectivity index (χ3v) is 17.8. The van der Waals surface area contributed by atoms with Crippen LogP contribution in [0.5, 0.6) is 17.2 Å². The Morgan fingerprint density at radius 1 is 0.702 bits per heavy atom. The van der Waals surface area contributed by atoms with Gasteiger partial charge < -0.3 is 34.1 Å². The molecule has 1 atom stereocenters. The van der Waals surface area contributed by atoms with Gasteiger partial charge in [0.25, 0.3) is 11.1 Å². The van der Waals surface area contributed by atoms with Crippen LogP contribution in [-0.4, -0.2) is 107 Å². The van der Waals surface area contributed by atoms with Gasteiger partial charge in [-0.3, -0.25) is 33.0 Å². The molecule has 1 unspecified atom stereocenters. The number of hydrogen-bond donors (Lipinski definition) is 2. The molecule has 20 heteroatoms. The van der Waals surface area contributed by atoms with E-state index in [9.17, 15) is 14.4 Å². The summed E-state index contributed by atoms with van der Waals surface area (Å²) in [5.74, 6) is 4.99. The Labute approximate surface area is 547 Å². The number of methoxy groups -OCH3 is 3. The van der Waals surface area contributed by atoms with Gasteiger partial charge in [0.1, 0.15) is 46.0 Å². The maximum Gasteiger partial charge on any atom is 0.332 e. The van der Waals surface area contributed by atoms with Gasteiger partial charge in [0.05, 0.1) is 46.3 Å². The van der Waals surface area contributed by atoms with Crippen molar-refractivity contribution in [1.29, 1.82) is 0 Å². The lowest BCUT2D eigenvalue weighted by atomic mass is 9.99. The Morgan fingerprint density at radius 2 is 1.41 bits per heavy atom. The van der Waals surface area contributed by atoms with Crippen LogP contribution in [0.2, 0.25) is 0 Å². The fraction of sp³-hybridized carbons (Fsp3) is 0.351. The number of rotatable bonds is 20. The molecule has 488 valence electrons. The number of imidazole rings is 1. The second-order valence-electron chi connectivity index (χ2n) is 24.5. The molecule has 2 aliphatic rings. The van der Waals surface area contributed by atoms with Gasteiger partial charge in [-0.1, -0.05) is 113 Å². The van der Waals surface area contributed by atoms with Crippen molar-refractivity contribution in [3.8, 4) is 28.5 Å². The first-order valence-electron chi connectivity index (χ1n) is 32.5. The Morgan fingerprint density at radius 3 is 2.07 bits per heavy atom. The number of fused-ring (bicyclic) bond motifs is 3. The van der Waals surface area contributed by atoms with Crippen LogP contribution >= 0.6 is 0 Å². The monoisotopic (exact) mass is 1270 g/mol. The van der Waals surface area contributed by atoms with E-state index in [1.165, 1.54) is 30.0 Å². The highest BCUT2D eigenvalue weighted by Gasteiger charge is 2.26. The number of ether oxygens (including phenoxy) is 4. The highest BCUT2D eigenvalue weighted by Crippen LogP contribution is 2.37. The molecule has 11 aromatic rings. The number of likely N-dealkylation sites (tertiary alicyclic amines) is 1. The molecule has 5 aromatic carbocycles. The van der Waals surface area contributed by atoms with Crippen LogP contribution in [0.3, 0.4) is 0 Å². The Balaban J connectivity index is 0.000000151. The minimum atomic E-state index is -0.348. The summed E-state index contributed by atoms with van der Waals surface area (Å²) in [6, 6.07) is 45.3. The summed E-state index contributed by atoms with van der Waals surface area (Å²) < 4.78 is 30.1. The molecular weight excluding hydrogens is 1180 g/mol. The predicted octanol–water partition coefficient (Wildman–Crippen LogP) is 12.5. The van der Waals surface area contributed by atoms with E-state index < -0.39 is 0 Å². The van der Waals surface area contributed by atoms with Crippen molar-refractivity contribution >= 4 is 44.8 Å². The van der Waals surface area contributed by atoms with E-state index in [4.69, 9.17) is 29.0 Å². The minimum Gasteiger partial charge on any atom is -0.497 e. The number of benzene rings is 5. The fourth-order valence-electron chi connectivity index (χ4n) is 12.6. The van der Waals surface area contributed by atoms with Crippen molar-refractivity contribution in [2.75, 3.05) is 58.8 Å². The van der Waals surface area contributed by atoms with Gasteiger partial charge in [-0.15, -0.1) is 0 Å². The molecule has 2 N–H and O–H groups in total. The van der Waals surface area contributed by atoms with Crippen LogP contribution in [0.25, 0.3) is 38.7 Å². The first kappa shape index (κ1) is 65.6. The normalized spacial score (nSPS) is 14.3. The van der Waals surface area contributed by atoms with Crippen LogP contribution in [-0.2, 0) is 37.8 Å². The molecule has 94 heavy (non-hydrogen) atoms. The molecule has 2 aliphatic heterocycles. The summed E-state index contributed by atoms with van der Waals surface area (Å²) in [6.45, 7) is 12.4. The minimum absolute atomic E-state index is 0.0331. The third-order valence-electron chi connectivity index (χ3n) is 17.8. The number of aromatic nitrogens is 10. The maximum absolute atomic E-state index is 13.8. The summed E-state index contributed by atoms with van der Waals surface area (Å²) >= 11 is 0. The molecule has 2 saturated heterocycles. The first-order chi connectivity index (χ1) is 45.8. The number of para-hydroxylation sites is 1. The fourth-order valence-corrected chi connectivity index (χ4v) is 12.6. The van der Waals surface area contributed by atoms with Crippen LogP contribution in [0, 0.1) is 5.92 Å². The molecule has 8 heterocycles. The number of nitrogens with zero attached hydrogens (tertiary/aromatic N) is 11. The summed E-state index contributed by atoms with van der Waals surface area (Å²) in [5, 5.41) is 13.1. The van der Waals surface area contributed by atoms with Crippen LogP contribution in [0.1, 0.15) is 112 Å². The third kappa shape index (κ3) is 14.6. The van der Waals surface area contributed by atoms with Gasteiger partial charge in [0.2, 0.25) is 0 Å². The SMILES string of the molecule is CC(C)Cn1c(=O)n(C)c(=O)c2c(Nc3ccccc3)n(Cc3ccc(C4CCCN4C)cc3)nc21.CCC(CC)Nc1ncnc2c(OC)c(OC)ccc12.COc1ccc(Cn2c(Cc3ccc(-c4ccccn4)cc3)cn3c(C4CCOCC4)ncc3c2=O)cc1. The van der Waals surface area contributed by atoms with Crippen molar-refractivity contribution in [2.24, 2.45) is 13.0 Å². The standard InChI is InChI=1S/C31H30N4O3.C28H34N6O2.C15H21N3O2/c1-37-27-11-7-23(8-12-27)20-34-26(18-22-5-9-24(10-6-22)28-4-2-3-15-32-28)21-35-29(31(34)36)19-33-30(35)25-13-16-38-17-14-25;1-19(2)17-33-26-24(27(35)32(4)28(33)36)25(29-22-9-6-5-7-10-22)34(30-26)18-20-12-14-21(15-13-20)23-11-8-16-31(23)3;1-5-10(6-2)18-15-11-7-8-12(19-3)14(20-4)13(11)16-9-17-15/h2-12,15,19,21,25H,13-14,16-18,20H2,1H3;5-7,9-10,12-15,19,23,29H,8,11,16-18H2,1-4H3;7-10H,5-6H2,1-4H3,(H,16,17,18). The van der Waals surface area contributed by atoms with Gasteiger partial charge in [-0.2, -0.15) is 5.10 Å². The van der Waals surface area contributed by atoms with Gasteiger partial charge >= 0.3 is 5.69 Å². The van der Waals surface area contributed by atoms with Crippen LogP contribution in [0.15, 0.2) is 173 Å². The molecule has 2 fully saturated rings. The molecular formula is C74H85N13O7. The van der Waals surface area contributed by atoms with Crippen molar-refractivity contribution in [3.05, 3.63) is 223 Å². The highest BCUT2D eigenvalue weighted by atomic mass is 16.5. The van der Waals surface area contributed by atoms with E-state index in [-0.39, 0.29) is 28.6 Å². The van der Waals surface area contributed by atoms with Crippen molar-refractivity contribution in [3.63, 3.8) is 0 Å². The second-order valence-corrected chi connectivity index (χ2v) is 24.5. The average Bonchev–Trinajstić information content (AvgIpc) is 1.58. The molecule has 0 bridgehead atoms. The molecule has 0 saturated carbocycles. The summed E-state index contributed by atoms with van der Waals surface area (Å²) in [5.41, 5.74) is 9.42. The number of anilines is 3. The quantitative estimate of drug-likeness (QED) is 0.0728. The lowest BCUT2D eigenvalue weighted by Crippen LogP contribution is -2.38. The Bertz CT molecular complexity index is 4520. The Hall–Kier alpha value is -9.92. The maximum atomic E-state index is 13.8. The topological polar surface area (TPSA) is 204 Å². The molecule has 0 spiro atoms. The summed E-state index contributed by atoms with van der Waals surface area (Å²) in [7, 11) is 8.60. The molecule has 0 amide bonds. The van der Waals surface area contributed by atoms with Crippen LogP contribution < -0.4 is 41.7 Å². The van der Waals surface area contributed by atoms with Gasteiger partial charge in [-0.25, -0.2) is 24.4 Å². The van der Waals surface area contributed by atoms with E-state index in [1.54, 1.807) is 44.6 Å². The van der Waals surface area contributed by atoms with Gasteiger partial charge in [0.15, 0.2) is 17.1 Å². The highest BCUT2D eigenvalue weighted by molar-refractivity contribution is 5.95.